The lowest BCUT2D eigenvalue weighted by molar-refractivity contribution is -0.127. The van der Waals surface area contributed by atoms with E-state index in [0.29, 0.717) is 17.4 Å². The number of likely N-dealkylation sites (N-methyl/N-ethyl adjacent to an activating group) is 2. The first-order valence-electron chi connectivity index (χ1n) is 7.17. The zero-order valence-corrected chi connectivity index (χ0v) is 15.0. The highest BCUT2D eigenvalue weighted by Gasteiger charge is 2.10. The van der Waals surface area contributed by atoms with Crippen LogP contribution < -0.4 is 5.32 Å². The number of hydrogen-bond donors (Lipinski definition) is 1. The van der Waals surface area contributed by atoms with Crippen molar-refractivity contribution in [2.75, 3.05) is 32.9 Å². The largest absolute Gasteiger partial charge is 0.444 e. The fourth-order valence-corrected chi connectivity index (χ4v) is 2.68. The molecule has 0 saturated heterocycles. The van der Waals surface area contributed by atoms with Crippen molar-refractivity contribution in [3.8, 4) is 11.5 Å². The molecule has 0 unspecified atom stereocenters. The maximum atomic E-state index is 11.9. The summed E-state index contributed by atoms with van der Waals surface area (Å²) < 4.78 is 5.48. The van der Waals surface area contributed by atoms with Gasteiger partial charge in [0.05, 0.1) is 11.4 Å². The Bertz CT molecular complexity index is 592. The van der Waals surface area contributed by atoms with Gasteiger partial charge in [-0.25, -0.2) is 4.98 Å². The van der Waals surface area contributed by atoms with E-state index in [1.54, 1.807) is 22.9 Å². The van der Waals surface area contributed by atoms with E-state index in [1.807, 2.05) is 44.4 Å². The fraction of sp³-hybridized carbons (Fsp3) is 0.375. The first-order chi connectivity index (χ1) is 10.7. The molecule has 7 heteroatoms. The maximum absolute atomic E-state index is 11.9. The normalized spacial score (nSPS) is 10.2. The van der Waals surface area contributed by atoms with Gasteiger partial charge in [-0.15, -0.1) is 24.2 Å². The second kappa shape index (κ2) is 10.3. The molecule has 2 aromatic rings. The van der Waals surface area contributed by atoms with Gasteiger partial charge < -0.3 is 14.6 Å². The van der Waals surface area contributed by atoms with Crippen molar-refractivity contribution in [1.82, 2.24) is 15.2 Å². The summed E-state index contributed by atoms with van der Waals surface area (Å²) in [6.45, 7) is 1.52. The lowest BCUT2D eigenvalue weighted by Gasteiger charge is -2.16. The molecule has 1 N–H and O–H groups in total. The van der Waals surface area contributed by atoms with Gasteiger partial charge in [-0.3, -0.25) is 4.79 Å². The van der Waals surface area contributed by atoms with Crippen LogP contribution in [0.1, 0.15) is 5.69 Å². The summed E-state index contributed by atoms with van der Waals surface area (Å²) in [5.74, 6) is 1.87. The van der Waals surface area contributed by atoms with Gasteiger partial charge >= 0.3 is 0 Å². The molecular weight excluding hydrogens is 334 g/mol. The Morgan fingerprint density at radius 2 is 2.09 bits per heavy atom. The van der Waals surface area contributed by atoms with Crippen LogP contribution in [0.2, 0.25) is 0 Å². The number of carbonyl (C=O) groups is 1. The van der Waals surface area contributed by atoms with E-state index in [4.69, 9.17) is 4.42 Å². The van der Waals surface area contributed by atoms with Crippen LogP contribution in [0.3, 0.4) is 0 Å². The van der Waals surface area contributed by atoms with Gasteiger partial charge in [-0.05, 0) is 19.2 Å². The van der Waals surface area contributed by atoms with Crippen LogP contribution in [0, 0.1) is 0 Å². The Hall–Kier alpha value is -1.50. The first-order valence-corrected chi connectivity index (χ1v) is 8.32. The number of rotatable bonds is 8. The Labute approximate surface area is 147 Å². The molecule has 0 spiro atoms. The van der Waals surface area contributed by atoms with Crippen molar-refractivity contribution in [2.24, 2.45) is 0 Å². The summed E-state index contributed by atoms with van der Waals surface area (Å²) in [6, 6.07) is 9.78. The average Bonchev–Trinajstić information content (AvgIpc) is 3.02. The number of nitrogens with one attached hydrogen (secondary N) is 1. The fourth-order valence-electron chi connectivity index (χ4n) is 1.84. The molecule has 1 amide bonds. The van der Waals surface area contributed by atoms with Gasteiger partial charge in [0.15, 0.2) is 0 Å². The molecule has 0 fully saturated rings. The highest BCUT2D eigenvalue weighted by molar-refractivity contribution is 7.99. The second-order valence-corrected chi connectivity index (χ2v) is 5.91. The van der Waals surface area contributed by atoms with Crippen molar-refractivity contribution in [3.05, 3.63) is 42.3 Å². The molecule has 5 nitrogen and oxygen atoms in total. The Morgan fingerprint density at radius 3 is 2.78 bits per heavy atom. The van der Waals surface area contributed by atoms with Crippen molar-refractivity contribution in [1.29, 1.82) is 0 Å². The molecule has 0 atom stereocenters. The van der Waals surface area contributed by atoms with Gasteiger partial charge in [0.1, 0.15) is 6.26 Å². The van der Waals surface area contributed by atoms with Crippen LogP contribution in [-0.4, -0.2) is 48.7 Å². The number of nitrogens with zero attached hydrogens (tertiary/aromatic N) is 2. The molecule has 0 aliphatic carbocycles. The minimum absolute atomic E-state index is 0. The molecule has 126 valence electrons. The SMILES string of the molecule is CNCCN(C)C(=O)CSCc1coc(-c2ccccc2)n1.Cl. The summed E-state index contributed by atoms with van der Waals surface area (Å²) in [4.78, 5) is 18.1. The van der Waals surface area contributed by atoms with Crippen molar-refractivity contribution in [3.63, 3.8) is 0 Å². The molecule has 1 aromatic heterocycles. The topological polar surface area (TPSA) is 58.4 Å². The van der Waals surface area contributed by atoms with Gasteiger partial charge in [0, 0.05) is 31.5 Å². The molecule has 0 saturated carbocycles. The third-order valence-corrected chi connectivity index (χ3v) is 4.12. The number of carbonyl (C=O) groups excluding carboxylic acids is 1. The van der Waals surface area contributed by atoms with Crippen molar-refractivity contribution >= 4 is 30.1 Å². The Morgan fingerprint density at radius 1 is 1.35 bits per heavy atom. The molecule has 0 radical (unpaired) electrons. The molecular formula is C16H22ClN3O2S. The van der Waals surface area contributed by atoms with E-state index in [2.05, 4.69) is 10.3 Å². The smallest absolute Gasteiger partial charge is 0.232 e. The molecule has 0 bridgehead atoms. The lowest BCUT2D eigenvalue weighted by Crippen LogP contribution is -2.33. The van der Waals surface area contributed by atoms with Crippen LogP contribution in [0.4, 0.5) is 0 Å². The minimum atomic E-state index is 0. The summed E-state index contributed by atoms with van der Waals surface area (Å²) >= 11 is 1.55. The minimum Gasteiger partial charge on any atom is -0.444 e. The quantitative estimate of drug-likeness (QED) is 0.789. The third-order valence-electron chi connectivity index (χ3n) is 3.17. The second-order valence-electron chi connectivity index (χ2n) is 4.92. The number of halogens is 1. The maximum Gasteiger partial charge on any atom is 0.232 e. The van der Waals surface area contributed by atoms with Gasteiger partial charge in [-0.1, -0.05) is 18.2 Å². The molecule has 1 aromatic carbocycles. The Balaban J connectivity index is 0.00000264. The molecule has 1 heterocycles. The first kappa shape index (κ1) is 19.5. The molecule has 0 aliphatic heterocycles. The zero-order valence-electron chi connectivity index (χ0n) is 13.3. The standard InChI is InChI=1S/C16H21N3O2S.ClH/c1-17-8-9-19(2)15(20)12-22-11-14-10-21-16(18-14)13-6-4-3-5-7-13;/h3-7,10,17H,8-9,11-12H2,1-2H3;1H. The molecule has 2 rings (SSSR count). The summed E-state index contributed by atoms with van der Waals surface area (Å²) in [7, 11) is 3.70. The van der Waals surface area contributed by atoms with Crippen LogP contribution in [-0.2, 0) is 10.5 Å². The zero-order chi connectivity index (χ0) is 15.8. The number of aromatic nitrogens is 1. The number of hydrogen-bond acceptors (Lipinski definition) is 5. The van der Waals surface area contributed by atoms with E-state index >= 15 is 0 Å². The highest BCUT2D eigenvalue weighted by Crippen LogP contribution is 2.20. The highest BCUT2D eigenvalue weighted by atomic mass is 35.5. The predicted octanol–water partition coefficient (Wildman–Crippen LogP) is 2.67. The van der Waals surface area contributed by atoms with Crippen LogP contribution in [0.5, 0.6) is 0 Å². The van der Waals surface area contributed by atoms with Crippen molar-refractivity contribution in [2.45, 2.75) is 5.75 Å². The Kier molecular flexibility index (Phi) is 8.76. The van der Waals surface area contributed by atoms with Gasteiger partial charge in [0.2, 0.25) is 11.8 Å². The lowest BCUT2D eigenvalue weighted by atomic mass is 10.2. The number of amides is 1. The number of benzene rings is 1. The van der Waals surface area contributed by atoms with E-state index in [-0.39, 0.29) is 18.3 Å². The van der Waals surface area contributed by atoms with Crippen LogP contribution in [0.25, 0.3) is 11.5 Å². The number of oxazole rings is 1. The van der Waals surface area contributed by atoms with E-state index in [1.165, 1.54) is 0 Å². The van der Waals surface area contributed by atoms with Gasteiger partial charge in [-0.2, -0.15) is 0 Å². The van der Waals surface area contributed by atoms with E-state index < -0.39 is 0 Å². The molecule has 23 heavy (non-hydrogen) atoms. The monoisotopic (exact) mass is 355 g/mol. The summed E-state index contributed by atoms with van der Waals surface area (Å²) in [5.41, 5.74) is 1.82. The van der Waals surface area contributed by atoms with E-state index in [9.17, 15) is 4.79 Å². The van der Waals surface area contributed by atoms with Crippen LogP contribution in [0.15, 0.2) is 41.0 Å². The van der Waals surface area contributed by atoms with E-state index in [0.717, 1.165) is 24.3 Å². The number of thioether (sulfide) groups is 1. The average molecular weight is 356 g/mol. The predicted molar refractivity (Wildman–Crippen MR) is 96.9 cm³/mol. The summed E-state index contributed by atoms with van der Waals surface area (Å²) in [5, 5.41) is 3.03. The van der Waals surface area contributed by atoms with Crippen molar-refractivity contribution < 1.29 is 9.21 Å². The van der Waals surface area contributed by atoms with Crippen LogP contribution >= 0.6 is 24.2 Å². The third kappa shape index (κ3) is 6.25. The summed E-state index contributed by atoms with van der Waals surface area (Å²) in [6.07, 6.45) is 1.66. The molecule has 0 aliphatic rings. The van der Waals surface area contributed by atoms with Gasteiger partial charge in [0.25, 0.3) is 0 Å².